The van der Waals surface area contributed by atoms with Crippen LogP contribution in [0.4, 0.5) is 10.1 Å². The molecule has 0 aromatic heterocycles. The number of anilines is 1. The van der Waals surface area contributed by atoms with Crippen LogP contribution >= 0.6 is 0 Å². The molecule has 34 heavy (non-hydrogen) atoms. The smallest absolute Gasteiger partial charge is 0.257 e. The van der Waals surface area contributed by atoms with E-state index < -0.39 is 15.8 Å². The van der Waals surface area contributed by atoms with Gasteiger partial charge in [0.15, 0.2) is 5.78 Å². The fourth-order valence-electron chi connectivity index (χ4n) is 4.03. The summed E-state index contributed by atoms with van der Waals surface area (Å²) >= 11 is 0. The van der Waals surface area contributed by atoms with Gasteiger partial charge in [-0.3, -0.25) is 9.59 Å². The molecule has 1 heterocycles. The van der Waals surface area contributed by atoms with Gasteiger partial charge in [0.05, 0.1) is 23.3 Å². The first kappa shape index (κ1) is 25.6. The zero-order valence-electron chi connectivity index (χ0n) is 19.9. The van der Waals surface area contributed by atoms with E-state index in [9.17, 15) is 22.4 Å². The highest BCUT2D eigenvalue weighted by molar-refractivity contribution is 7.89. The van der Waals surface area contributed by atoms with Crippen LogP contribution < -0.4 is 9.64 Å². The van der Waals surface area contributed by atoms with Crippen LogP contribution in [0, 0.1) is 5.82 Å². The van der Waals surface area contributed by atoms with Crippen molar-refractivity contribution in [1.29, 1.82) is 0 Å². The Morgan fingerprint density at radius 2 is 1.68 bits per heavy atom. The van der Waals surface area contributed by atoms with E-state index in [4.69, 9.17) is 4.74 Å². The van der Waals surface area contributed by atoms with Crippen LogP contribution in [0.5, 0.6) is 5.75 Å². The van der Waals surface area contributed by atoms with Gasteiger partial charge in [-0.25, -0.2) is 12.8 Å². The van der Waals surface area contributed by atoms with E-state index in [1.165, 1.54) is 42.6 Å². The highest BCUT2D eigenvalue weighted by atomic mass is 32.2. The number of nitrogens with zero attached hydrogens (tertiary/aromatic N) is 3. The topological polar surface area (TPSA) is 87.2 Å². The van der Waals surface area contributed by atoms with Crippen molar-refractivity contribution in [2.45, 2.75) is 25.7 Å². The summed E-state index contributed by atoms with van der Waals surface area (Å²) in [6.45, 7) is 6.96. The highest BCUT2D eigenvalue weighted by Crippen LogP contribution is 2.27. The maximum absolute atomic E-state index is 14.5. The van der Waals surface area contributed by atoms with E-state index in [1.54, 1.807) is 30.9 Å². The predicted octanol–water partition coefficient (Wildman–Crippen LogP) is 3.03. The maximum atomic E-state index is 14.5. The predicted molar refractivity (Wildman–Crippen MR) is 128 cm³/mol. The second kappa shape index (κ2) is 10.5. The number of benzene rings is 2. The number of rotatable bonds is 8. The molecule has 0 saturated carbocycles. The van der Waals surface area contributed by atoms with Gasteiger partial charge in [-0.15, -0.1) is 0 Å². The van der Waals surface area contributed by atoms with Crippen molar-refractivity contribution >= 4 is 27.4 Å². The molecule has 0 spiro atoms. The van der Waals surface area contributed by atoms with Gasteiger partial charge < -0.3 is 14.5 Å². The second-order valence-corrected chi connectivity index (χ2v) is 9.89. The molecule has 1 amide bonds. The largest absolute Gasteiger partial charge is 0.496 e. The molecule has 10 heteroatoms. The number of amides is 1. The van der Waals surface area contributed by atoms with Crippen LogP contribution in [0.2, 0.25) is 0 Å². The monoisotopic (exact) mass is 491 g/mol. The van der Waals surface area contributed by atoms with Gasteiger partial charge in [0.2, 0.25) is 10.0 Å². The van der Waals surface area contributed by atoms with Crippen LogP contribution in [-0.2, 0) is 10.0 Å². The highest BCUT2D eigenvalue weighted by Gasteiger charge is 2.28. The number of ether oxygens (including phenoxy) is 1. The van der Waals surface area contributed by atoms with Crippen molar-refractivity contribution in [2.75, 3.05) is 51.3 Å². The normalized spacial score (nSPS) is 14.4. The van der Waals surface area contributed by atoms with E-state index >= 15 is 0 Å². The summed E-state index contributed by atoms with van der Waals surface area (Å²) in [5, 5.41) is 0. The molecule has 0 atom stereocenters. The number of Topliss-reactive ketones (excluding diaryl/α,β-unsaturated/α-hetero) is 1. The molecule has 0 aliphatic carbocycles. The lowest BCUT2D eigenvalue weighted by atomic mass is 10.1. The molecule has 1 aliphatic heterocycles. The number of sulfonamides is 1. The number of hydrogen-bond donors (Lipinski definition) is 0. The molecule has 2 aromatic carbocycles. The van der Waals surface area contributed by atoms with E-state index in [2.05, 4.69) is 0 Å². The van der Waals surface area contributed by atoms with Crippen LogP contribution in [0.3, 0.4) is 0 Å². The minimum atomic E-state index is -3.74. The summed E-state index contributed by atoms with van der Waals surface area (Å²) in [7, 11) is -2.31. The number of piperazine rings is 1. The maximum Gasteiger partial charge on any atom is 0.257 e. The van der Waals surface area contributed by atoms with Crippen molar-refractivity contribution in [3.63, 3.8) is 0 Å². The molecule has 1 fully saturated rings. The molecule has 2 aromatic rings. The molecule has 8 nitrogen and oxygen atoms in total. The minimum Gasteiger partial charge on any atom is -0.496 e. The van der Waals surface area contributed by atoms with Gasteiger partial charge in [0.1, 0.15) is 11.6 Å². The van der Waals surface area contributed by atoms with Crippen molar-refractivity contribution < 1.29 is 27.1 Å². The Balaban J connectivity index is 1.80. The summed E-state index contributed by atoms with van der Waals surface area (Å²) < 4.78 is 47.1. The van der Waals surface area contributed by atoms with E-state index in [-0.39, 0.29) is 27.9 Å². The fourth-order valence-corrected chi connectivity index (χ4v) is 5.52. The first-order valence-electron chi connectivity index (χ1n) is 11.2. The summed E-state index contributed by atoms with van der Waals surface area (Å²) in [5.74, 6) is -0.749. The average molecular weight is 492 g/mol. The number of ketones is 1. The Kier molecular flexibility index (Phi) is 7.93. The summed E-state index contributed by atoms with van der Waals surface area (Å²) in [6, 6.07) is 8.68. The van der Waals surface area contributed by atoms with E-state index in [0.717, 1.165) is 0 Å². The van der Waals surface area contributed by atoms with Gasteiger partial charge in [-0.2, -0.15) is 4.31 Å². The van der Waals surface area contributed by atoms with Crippen molar-refractivity contribution in [3.8, 4) is 5.75 Å². The molecule has 1 saturated heterocycles. The van der Waals surface area contributed by atoms with E-state index in [1.807, 2.05) is 4.90 Å². The zero-order chi connectivity index (χ0) is 25.0. The number of carbonyl (C=O) groups excluding carboxylic acids is 2. The third kappa shape index (κ3) is 5.07. The summed E-state index contributed by atoms with van der Waals surface area (Å²) in [4.78, 5) is 28.2. The Labute approximate surface area is 200 Å². The van der Waals surface area contributed by atoms with Crippen LogP contribution in [0.1, 0.15) is 41.5 Å². The lowest BCUT2D eigenvalue weighted by Crippen LogP contribution is -2.49. The third-order valence-electron chi connectivity index (χ3n) is 6.01. The Morgan fingerprint density at radius 1 is 1.03 bits per heavy atom. The van der Waals surface area contributed by atoms with Gasteiger partial charge in [-0.1, -0.05) is 13.8 Å². The number of methoxy groups -OCH3 is 1. The molecule has 0 N–H and O–H groups in total. The molecule has 0 unspecified atom stereocenters. The van der Waals surface area contributed by atoms with Gasteiger partial charge in [0, 0.05) is 44.8 Å². The fraction of sp³-hybridized carbons (Fsp3) is 0.417. The van der Waals surface area contributed by atoms with E-state index in [0.29, 0.717) is 50.5 Å². The van der Waals surface area contributed by atoms with Gasteiger partial charge >= 0.3 is 0 Å². The van der Waals surface area contributed by atoms with Crippen molar-refractivity contribution in [1.82, 2.24) is 9.21 Å². The SMILES string of the molecule is CCN(CC)S(=O)(=O)c1ccc(OC)c(C(=O)N2CCN(c3ccc(C(C)=O)cc3F)CC2)c1. The minimum absolute atomic E-state index is 0.0339. The molecule has 0 bridgehead atoms. The van der Waals surface area contributed by atoms with Crippen LogP contribution in [0.25, 0.3) is 0 Å². The van der Waals surface area contributed by atoms with Crippen molar-refractivity contribution in [3.05, 3.63) is 53.3 Å². The summed E-state index contributed by atoms with van der Waals surface area (Å²) in [5.41, 5.74) is 0.852. The quantitative estimate of drug-likeness (QED) is 0.528. The molecular weight excluding hydrogens is 461 g/mol. The second-order valence-electron chi connectivity index (χ2n) is 7.95. The van der Waals surface area contributed by atoms with Crippen LogP contribution in [-0.4, -0.2) is 75.7 Å². The summed E-state index contributed by atoms with van der Waals surface area (Å²) in [6.07, 6.45) is 0. The molecule has 184 valence electrons. The molecule has 3 rings (SSSR count). The number of hydrogen-bond acceptors (Lipinski definition) is 6. The number of halogens is 1. The lowest BCUT2D eigenvalue weighted by molar-refractivity contribution is 0.0742. The lowest BCUT2D eigenvalue weighted by Gasteiger charge is -2.36. The Bertz CT molecular complexity index is 1170. The molecule has 1 aliphatic rings. The third-order valence-corrected chi connectivity index (χ3v) is 8.05. The zero-order valence-corrected chi connectivity index (χ0v) is 20.7. The van der Waals surface area contributed by atoms with Crippen molar-refractivity contribution in [2.24, 2.45) is 0 Å². The Morgan fingerprint density at radius 3 is 2.21 bits per heavy atom. The first-order valence-corrected chi connectivity index (χ1v) is 12.6. The van der Waals surface area contributed by atoms with Gasteiger partial charge in [0.25, 0.3) is 5.91 Å². The van der Waals surface area contributed by atoms with Crippen LogP contribution in [0.15, 0.2) is 41.3 Å². The first-order chi connectivity index (χ1) is 16.1. The number of carbonyl (C=O) groups is 2. The molecule has 0 radical (unpaired) electrons. The average Bonchev–Trinajstić information content (AvgIpc) is 2.83. The standard InChI is InChI=1S/C24H30FN3O5S/c1-5-28(6-2)34(31,32)19-8-10-23(33-4)20(16-19)24(30)27-13-11-26(12-14-27)22-9-7-18(17(3)29)15-21(22)25/h7-10,15-16H,5-6,11-14H2,1-4H3. The molecular formula is C24H30FN3O5S. The van der Waals surface area contributed by atoms with Gasteiger partial charge in [-0.05, 0) is 43.3 Å². The Hall–Kier alpha value is -2.98.